The first-order valence-electron chi connectivity index (χ1n) is 18.4. The van der Waals surface area contributed by atoms with Gasteiger partial charge in [-0.05, 0) is 92.4 Å². The van der Waals surface area contributed by atoms with Gasteiger partial charge in [-0.1, -0.05) is 170 Å². The number of hydrogen-bond donors (Lipinski definition) is 0. The topological polar surface area (TPSA) is 3.24 Å². The number of para-hydroxylation sites is 1. The first kappa shape index (κ1) is 32.0. The Balaban J connectivity index is 1.16. The van der Waals surface area contributed by atoms with E-state index in [1.54, 1.807) is 0 Å². The molecular formula is C52H35NS. The minimum absolute atomic E-state index is 1.11. The fraction of sp³-hybridized carbons (Fsp3) is 0. The van der Waals surface area contributed by atoms with Crippen LogP contribution in [0, 0.1) is 0 Å². The van der Waals surface area contributed by atoms with E-state index in [9.17, 15) is 0 Å². The standard InChI is InChI=1S/C52H35NS/c1-4-14-36(15-5-1)38-24-26-41(27-25-38)50-49(45-20-10-11-21-46(45)52-51(50)47-22-12-13-23-48(47)54-52)40-30-34-44(35-31-40)53(42-18-8-3-9-19-42)43-32-28-39(29-33-43)37-16-6-2-7-17-37/h1-35H. The summed E-state index contributed by atoms with van der Waals surface area (Å²) in [6, 6.07) is 76.9. The summed E-state index contributed by atoms with van der Waals surface area (Å²) in [5.41, 5.74) is 13.2. The predicted molar refractivity (Wildman–Crippen MR) is 233 cm³/mol. The molecule has 254 valence electrons. The van der Waals surface area contributed by atoms with Gasteiger partial charge >= 0.3 is 0 Å². The second-order valence-electron chi connectivity index (χ2n) is 13.7. The van der Waals surface area contributed by atoms with Crippen molar-refractivity contribution in [3.05, 3.63) is 212 Å². The molecule has 1 aromatic heterocycles. The maximum Gasteiger partial charge on any atom is 0.0462 e. The molecule has 0 saturated heterocycles. The lowest BCUT2D eigenvalue weighted by Crippen LogP contribution is -2.09. The Morgan fingerprint density at radius 3 is 1.26 bits per heavy atom. The molecule has 1 heterocycles. The lowest BCUT2D eigenvalue weighted by Gasteiger charge is -2.26. The fourth-order valence-electron chi connectivity index (χ4n) is 7.93. The smallest absolute Gasteiger partial charge is 0.0462 e. The van der Waals surface area contributed by atoms with E-state index in [0.717, 1.165) is 17.1 Å². The number of hydrogen-bond acceptors (Lipinski definition) is 2. The Kier molecular flexibility index (Phi) is 8.09. The maximum absolute atomic E-state index is 2.34. The van der Waals surface area contributed by atoms with Gasteiger partial charge < -0.3 is 4.90 Å². The van der Waals surface area contributed by atoms with Gasteiger partial charge in [0, 0.05) is 42.6 Å². The van der Waals surface area contributed by atoms with E-state index in [1.807, 2.05) is 11.3 Å². The average molecular weight is 706 g/mol. The SMILES string of the molecule is c1ccc(-c2ccc(-c3c(-c4ccc(N(c5ccccc5)c5ccc(-c6ccccc6)cc5)cc4)c4ccccc4c4sc5ccccc5c34)cc2)cc1. The third-order valence-electron chi connectivity index (χ3n) is 10.5. The van der Waals surface area contributed by atoms with Gasteiger partial charge in [0.1, 0.15) is 0 Å². The highest BCUT2D eigenvalue weighted by Crippen LogP contribution is 2.50. The summed E-state index contributed by atoms with van der Waals surface area (Å²) in [7, 11) is 0. The van der Waals surface area contributed by atoms with E-state index in [0.29, 0.717) is 0 Å². The fourth-order valence-corrected chi connectivity index (χ4v) is 9.17. The molecule has 9 aromatic carbocycles. The first-order chi connectivity index (χ1) is 26.8. The van der Waals surface area contributed by atoms with Gasteiger partial charge in [0.25, 0.3) is 0 Å². The van der Waals surface area contributed by atoms with Gasteiger partial charge in [0.2, 0.25) is 0 Å². The molecule has 54 heavy (non-hydrogen) atoms. The summed E-state index contributed by atoms with van der Waals surface area (Å²) in [4.78, 5) is 2.34. The van der Waals surface area contributed by atoms with E-state index in [2.05, 4.69) is 217 Å². The number of anilines is 3. The zero-order valence-electron chi connectivity index (χ0n) is 29.6. The first-order valence-corrected chi connectivity index (χ1v) is 19.2. The van der Waals surface area contributed by atoms with Crippen molar-refractivity contribution in [3.8, 4) is 44.5 Å². The van der Waals surface area contributed by atoms with Crippen LogP contribution in [0.15, 0.2) is 212 Å². The van der Waals surface area contributed by atoms with Crippen LogP contribution in [0.3, 0.4) is 0 Å². The lowest BCUT2D eigenvalue weighted by molar-refractivity contribution is 1.28. The van der Waals surface area contributed by atoms with E-state index >= 15 is 0 Å². The molecule has 0 N–H and O–H groups in total. The Morgan fingerprint density at radius 2 is 0.667 bits per heavy atom. The van der Waals surface area contributed by atoms with Crippen molar-refractivity contribution in [2.24, 2.45) is 0 Å². The number of fused-ring (bicyclic) bond motifs is 5. The molecule has 0 fully saturated rings. The molecule has 10 rings (SSSR count). The van der Waals surface area contributed by atoms with E-state index < -0.39 is 0 Å². The highest BCUT2D eigenvalue weighted by atomic mass is 32.1. The Morgan fingerprint density at radius 1 is 0.278 bits per heavy atom. The monoisotopic (exact) mass is 705 g/mol. The van der Waals surface area contributed by atoms with Crippen LogP contribution in [0.5, 0.6) is 0 Å². The summed E-state index contributed by atoms with van der Waals surface area (Å²) in [6.07, 6.45) is 0. The largest absolute Gasteiger partial charge is 0.311 e. The average Bonchev–Trinajstić information content (AvgIpc) is 3.65. The maximum atomic E-state index is 2.34. The molecule has 0 aliphatic carbocycles. The Hall–Kier alpha value is -6.74. The molecule has 0 spiro atoms. The zero-order chi connectivity index (χ0) is 35.8. The van der Waals surface area contributed by atoms with Crippen molar-refractivity contribution >= 4 is 59.3 Å². The Bertz CT molecular complexity index is 2880. The molecule has 0 radical (unpaired) electrons. The zero-order valence-corrected chi connectivity index (χ0v) is 30.4. The quantitative estimate of drug-likeness (QED) is 0.160. The van der Waals surface area contributed by atoms with E-state index in [4.69, 9.17) is 0 Å². The van der Waals surface area contributed by atoms with Gasteiger partial charge in [-0.25, -0.2) is 0 Å². The number of nitrogens with zero attached hydrogens (tertiary/aromatic N) is 1. The van der Waals surface area contributed by atoms with Crippen molar-refractivity contribution in [3.63, 3.8) is 0 Å². The van der Waals surface area contributed by atoms with Crippen molar-refractivity contribution in [2.45, 2.75) is 0 Å². The van der Waals surface area contributed by atoms with Crippen LogP contribution in [-0.2, 0) is 0 Å². The van der Waals surface area contributed by atoms with Crippen LogP contribution >= 0.6 is 11.3 Å². The molecule has 0 amide bonds. The number of benzene rings is 9. The molecular weight excluding hydrogens is 671 g/mol. The van der Waals surface area contributed by atoms with Crippen LogP contribution in [0.1, 0.15) is 0 Å². The molecule has 0 aliphatic heterocycles. The normalized spacial score (nSPS) is 11.3. The van der Waals surface area contributed by atoms with Gasteiger partial charge in [-0.15, -0.1) is 11.3 Å². The second-order valence-corrected chi connectivity index (χ2v) is 14.7. The van der Waals surface area contributed by atoms with Gasteiger partial charge in [-0.2, -0.15) is 0 Å². The van der Waals surface area contributed by atoms with Crippen LogP contribution in [0.2, 0.25) is 0 Å². The number of rotatable bonds is 7. The summed E-state index contributed by atoms with van der Waals surface area (Å²) < 4.78 is 2.65. The highest BCUT2D eigenvalue weighted by molar-refractivity contribution is 7.26. The van der Waals surface area contributed by atoms with E-state index in [-0.39, 0.29) is 0 Å². The molecule has 2 heteroatoms. The lowest BCUT2D eigenvalue weighted by atomic mass is 9.86. The third-order valence-corrected chi connectivity index (χ3v) is 11.7. The van der Waals surface area contributed by atoms with Crippen molar-refractivity contribution < 1.29 is 0 Å². The molecule has 0 atom stereocenters. The van der Waals surface area contributed by atoms with Crippen LogP contribution in [-0.4, -0.2) is 0 Å². The molecule has 1 nitrogen and oxygen atoms in total. The summed E-state index contributed by atoms with van der Waals surface area (Å²) in [5.74, 6) is 0. The molecule has 10 aromatic rings. The van der Waals surface area contributed by atoms with Crippen molar-refractivity contribution in [2.75, 3.05) is 4.90 Å². The Labute approximate surface area is 319 Å². The summed E-state index contributed by atoms with van der Waals surface area (Å²) >= 11 is 1.90. The van der Waals surface area contributed by atoms with E-state index in [1.165, 1.54) is 75.5 Å². The predicted octanol–water partition coefficient (Wildman–Crippen LogP) is 15.3. The highest BCUT2D eigenvalue weighted by Gasteiger charge is 2.22. The third kappa shape index (κ3) is 5.65. The van der Waals surface area contributed by atoms with Gasteiger partial charge in [-0.3, -0.25) is 0 Å². The van der Waals surface area contributed by atoms with Crippen molar-refractivity contribution in [1.82, 2.24) is 0 Å². The molecule has 0 bridgehead atoms. The molecule has 0 saturated carbocycles. The van der Waals surface area contributed by atoms with Crippen LogP contribution in [0.25, 0.3) is 75.5 Å². The minimum Gasteiger partial charge on any atom is -0.311 e. The summed E-state index contributed by atoms with van der Waals surface area (Å²) in [5, 5.41) is 5.19. The summed E-state index contributed by atoms with van der Waals surface area (Å²) in [6.45, 7) is 0. The number of thiophene rings is 1. The second kappa shape index (κ2) is 13.7. The van der Waals surface area contributed by atoms with Gasteiger partial charge in [0.15, 0.2) is 0 Å². The van der Waals surface area contributed by atoms with Gasteiger partial charge in [0.05, 0.1) is 0 Å². The van der Waals surface area contributed by atoms with Crippen molar-refractivity contribution in [1.29, 1.82) is 0 Å². The molecule has 0 aliphatic rings. The van der Waals surface area contributed by atoms with Crippen LogP contribution in [0.4, 0.5) is 17.1 Å². The van der Waals surface area contributed by atoms with Crippen LogP contribution < -0.4 is 4.90 Å². The molecule has 0 unspecified atom stereocenters. The minimum atomic E-state index is 1.11.